The number of aryl methyl sites for hydroxylation is 2. The summed E-state index contributed by atoms with van der Waals surface area (Å²) in [5, 5.41) is 28.1. The van der Waals surface area contributed by atoms with E-state index in [-0.39, 0.29) is 19.8 Å². The van der Waals surface area contributed by atoms with E-state index in [4.69, 9.17) is 61.5 Å². The summed E-state index contributed by atoms with van der Waals surface area (Å²) in [4.78, 5) is 0. The van der Waals surface area contributed by atoms with E-state index in [1.807, 2.05) is 24.3 Å². The van der Waals surface area contributed by atoms with E-state index in [0.29, 0.717) is 43.3 Å². The molecule has 0 aliphatic heterocycles. The molecule has 15 nitrogen and oxygen atoms in total. The number of rotatable bonds is 36. The Morgan fingerprint density at radius 1 is 0.366 bits per heavy atom. The molecule has 412 valence electrons. The van der Waals surface area contributed by atoms with Crippen molar-refractivity contribution >= 4 is 85.1 Å². The van der Waals surface area contributed by atoms with Gasteiger partial charge in [-0.05, 0) is 204 Å². The van der Waals surface area contributed by atoms with Gasteiger partial charge in [0.25, 0.3) is 0 Å². The second-order valence-electron chi connectivity index (χ2n) is 23.3. The number of hydrogen-bond acceptors (Lipinski definition) is 15. The van der Waals surface area contributed by atoms with Crippen molar-refractivity contribution in [1.29, 1.82) is 0 Å². The molecule has 0 atom stereocenters. The number of ether oxygens (including phenoxy) is 3. The van der Waals surface area contributed by atoms with E-state index in [9.17, 15) is 5.11 Å². The molecule has 0 spiro atoms. The minimum Gasteiger partial charge on any atom is -0.493 e. The Bertz CT molecular complexity index is 1780. The molecule has 0 amide bonds. The van der Waals surface area contributed by atoms with Crippen molar-refractivity contribution in [1.82, 2.24) is 0 Å². The van der Waals surface area contributed by atoms with Crippen LogP contribution in [0.4, 0.5) is 0 Å². The molecule has 0 aliphatic carbocycles. The summed E-state index contributed by atoms with van der Waals surface area (Å²) >= 11 is 0. The zero-order chi connectivity index (χ0) is 54.4. The molecule has 2 aromatic carbocycles. The average Bonchev–Trinajstić information content (AvgIpc) is 3.14. The van der Waals surface area contributed by atoms with Gasteiger partial charge in [-0.25, -0.2) is 0 Å². The van der Waals surface area contributed by atoms with Crippen LogP contribution in [0.15, 0.2) is 36.4 Å². The van der Waals surface area contributed by atoms with E-state index in [2.05, 4.69) is 143 Å². The van der Waals surface area contributed by atoms with Crippen molar-refractivity contribution < 1.29 is 66.6 Å². The molecule has 0 aliphatic rings. The number of methoxy groups -OCH3 is 1. The van der Waals surface area contributed by atoms with E-state index in [1.165, 1.54) is 5.56 Å². The van der Waals surface area contributed by atoms with Crippen molar-refractivity contribution in [3.05, 3.63) is 53.1 Å². The molecular weight excluding hydrogens is 1070 g/mol. The van der Waals surface area contributed by atoms with Gasteiger partial charge < -0.3 is 66.6 Å². The lowest BCUT2D eigenvalue weighted by atomic mass is 10.1. The highest BCUT2D eigenvalue weighted by atomic mass is 28.5. The number of hydrogen-bond donors (Lipinski definition) is 3. The summed E-state index contributed by atoms with van der Waals surface area (Å²) in [6.07, 6.45) is 4.85. The fraction of sp³-hybridized carbons (Fsp3) is 0.739. The Kier molecular flexibility index (Phi) is 26.0. The highest BCUT2D eigenvalue weighted by Gasteiger charge is 2.50. The maximum absolute atomic E-state index is 9.94. The van der Waals surface area contributed by atoms with Gasteiger partial charge in [-0.3, -0.25) is 0 Å². The molecule has 2 rings (SSSR count). The van der Waals surface area contributed by atoms with Gasteiger partial charge in [0.1, 0.15) is 5.75 Å². The Hall–Kier alpha value is -0.471. The summed E-state index contributed by atoms with van der Waals surface area (Å²) in [7, 11) is -24.3. The maximum Gasteiger partial charge on any atom is 0.314 e. The summed E-state index contributed by atoms with van der Waals surface area (Å²) in [5.74, 6) is 2.06. The second kappa shape index (κ2) is 27.7. The van der Waals surface area contributed by atoms with E-state index in [1.54, 1.807) is 7.11 Å². The van der Waals surface area contributed by atoms with Crippen LogP contribution in [-0.2, 0) is 56.5 Å². The molecule has 0 radical (unpaired) electrons. The van der Waals surface area contributed by atoms with Gasteiger partial charge in [0, 0.05) is 31.6 Å². The van der Waals surface area contributed by atoms with Gasteiger partial charge in [-0.2, -0.15) is 0 Å². The van der Waals surface area contributed by atoms with E-state index >= 15 is 0 Å². The summed E-state index contributed by atoms with van der Waals surface area (Å²) < 4.78 is 79.2. The highest BCUT2D eigenvalue weighted by Crippen LogP contribution is 2.33. The third-order valence-corrected chi connectivity index (χ3v) is 49.6. The monoisotopic (exact) mass is 1170 g/mol. The van der Waals surface area contributed by atoms with E-state index in [0.717, 1.165) is 48.9 Å². The first-order valence-electron chi connectivity index (χ1n) is 25.5. The highest BCUT2D eigenvalue weighted by molar-refractivity contribution is 6.93. The molecule has 71 heavy (non-hydrogen) atoms. The molecule has 0 unspecified atom stereocenters. The molecule has 0 saturated carbocycles. The molecule has 2 aromatic rings. The molecule has 0 bridgehead atoms. The van der Waals surface area contributed by atoms with Crippen LogP contribution >= 0.6 is 0 Å². The number of benzene rings is 2. The van der Waals surface area contributed by atoms with Crippen LogP contribution in [0.1, 0.15) is 42.4 Å². The van der Waals surface area contributed by atoms with Gasteiger partial charge >= 0.3 is 68.5 Å². The molecule has 0 saturated heterocycles. The number of aliphatic hydroxyl groups excluding tert-OH is 3. The van der Waals surface area contributed by atoms with Gasteiger partial charge in [-0.15, -0.1) is 0 Å². The van der Waals surface area contributed by atoms with Crippen LogP contribution in [0.25, 0.3) is 0 Å². The normalized spacial score (nSPS) is 14.0. The van der Waals surface area contributed by atoms with Crippen LogP contribution in [0.2, 0.25) is 143 Å². The second-order valence-corrected chi connectivity index (χ2v) is 61.1. The first-order valence-corrected chi connectivity index (χ1v) is 54.2. The quantitative estimate of drug-likeness (QED) is 0.0434. The van der Waals surface area contributed by atoms with Gasteiger partial charge in [-0.1, -0.05) is 12.1 Å². The van der Waals surface area contributed by atoms with E-state index < -0.39 is 85.1 Å². The predicted octanol–water partition coefficient (Wildman–Crippen LogP) is 11.4. The van der Waals surface area contributed by atoms with Crippen molar-refractivity contribution in [3.63, 3.8) is 0 Å². The van der Waals surface area contributed by atoms with Crippen LogP contribution in [-0.4, -0.2) is 134 Å². The summed E-state index contributed by atoms with van der Waals surface area (Å²) in [6, 6.07) is 14.0. The number of aliphatic hydroxyl groups is 3. The predicted molar refractivity (Wildman–Crippen MR) is 311 cm³/mol. The minimum absolute atomic E-state index is 0.0719. The first kappa shape index (κ1) is 66.6. The standard InChI is InChI=1S/C46H98O15Si10/c1-50-46-39-42(29-31-45(46)52-35-25-33-48)27-23-37-63(4,5)54-65(8,9)56-67(12,13)58-69(16,17)60-71(20,21)61-70(18,19)59-68(14,15)57-66(10,11)55-64(6,7)53-62(2,3)36-22-26-41-28-30-44(43(38-41)40-49)51-34-24-32-47/h28-31,38-39,47-49H,22-27,32-37,40H2,1-21H3. The maximum atomic E-state index is 9.94. The molecule has 0 heterocycles. The molecule has 25 heteroatoms. The van der Waals surface area contributed by atoms with Gasteiger partial charge in [0.05, 0.1) is 26.9 Å². The van der Waals surface area contributed by atoms with Crippen LogP contribution in [0.5, 0.6) is 17.2 Å². The van der Waals surface area contributed by atoms with Crippen molar-refractivity contribution in [2.24, 2.45) is 0 Å². The van der Waals surface area contributed by atoms with Crippen LogP contribution in [0, 0.1) is 0 Å². The molecule has 3 N–H and O–H groups in total. The zero-order valence-corrected chi connectivity index (χ0v) is 57.9. The van der Waals surface area contributed by atoms with Crippen LogP contribution in [0.3, 0.4) is 0 Å². The zero-order valence-electron chi connectivity index (χ0n) is 47.9. The topological polar surface area (TPSA) is 171 Å². The van der Waals surface area contributed by atoms with Crippen molar-refractivity contribution in [3.8, 4) is 17.2 Å². The Morgan fingerprint density at radius 2 is 0.676 bits per heavy atom. The Morgan fingerprint density at radius 3 is 1.00 bits per heavy atom. The summed E-state index contributed by atoms with van der Waals surface area (Å²) in [5.41, 5.74) is 3.10. The average molecular weight is 1170 g/mol. The summed E-state index contributed by atoms with van der Waals surface area (Å²) in [6.45, 7) is 43.4. The van der Waals surface area contributed by atoms with Crippen LogP contribution < -0.4 is 14.2 Å². The minimum atomic E-state index is -2.79. The Labute approximate surface area is 441 Å². The lowest BCUT2D eigenvalue weighted by molar-refractivity contribution is 0.225. The van der Waals surface area contributed by atoms with Gasteiger partial charge in [0.2, 0.25) is 0 Å². The largest absolute Gasteiger partial charge is 0.493 e. The third kappa shape index (κ3) is 27.4. The first-order chi connectivity index (χ1) is 32.3. The molecule has 0 aromatic heterocycles. The van der Waals surface area contributed by atoms with Gasteiger partial charge in [0.15, 0.2) is 28.1 Å². The molecule has 0 fully saturated rings. The fourth-order valence-corrected chi connectivity index (χ4v) is 60.7. The smallest absolute Gasteiger partial charge is 0.314 e. The molecular formula is C46H98O15Si10. The SMILES string of the molecule is COc1cc(CCC[Si](C)(C)O[Si](C)(C)O[Si](C)(C)O[Si](C)(C)O[Si](C)(C)O[Si](C)(C)O[Si](C)(C)O[Si](C)(C)O[Si](C)(C)O[Si](C)(C)CCCc2ccc(OCCCO)c(CO)c2)ccc1OCCCO. The van der Waals surface area contributed by atoms with Crippen molar-refractivity contribution in [2.45, 2.75) is 188 Å². The Balaban J connectivity index is 1.95. The fourth-order valence-electron chi connectivity index (χ4n) is 9.71. The third-order valence-electron chi connectivity index (χ3n) is 10.6. The lowest BCUT2D eigenvalue weighted by Gasteiger charge is -2.44. The van der Waals surface area contributed by atoms with Crippen molar-refractivity contribution in [2.75, 3.05) is 33.5 Å². The lowest BCUT2D eigenvalue weighted by Crippen LogP contribution is -2.62.